The summed E-state index contributed by atoms with van der Waals surface area (Å²) in [7, 11) is 1.11. The highest BCUT2D eigenvalue weighted by Crippen LogP contribution is 2.31. The Balaban J connectivity index is 2.70. The molecule has 0 amide bonds. The van der Waals surface area contributed by atoms with Crippen LogP contribution in [0.2, 0.25) is 5.02 Å². The Morgan fingerprint density at radius 3 is 2.67 bits per heavy atom. The fourth-order valence-corrected chi connectivity index (χ4v) is 1.70. The maximum absolute atomic E-state index is 12.5. The Morgan fingerprint density at radius 1 is 1.44 bits per heavy atom. The summed E-state index contributed by atoms with van der Waals surface area (Å²) in [6.07, 6.45) is -4.30. The van der Waals surface area contributed by atoms with Crippen LogP contribution in [0.3, 0.4) is 0 Å². The molecule has 0 aromatic carbocycles. The molecule has 2 heterocycles. The van der Waals surface area contributed by atoms with Gasteiger partial charge in [-0.1, -0.05) is 11.6 Å². The van der Waals surface area contributed by atoms with Crippen molar-refractivity contribution in [1.29, 1.82) is 0 Å². The van der Waals surface area contributed by atoms with Gasteiger partial charge in [0.25, 0.3) is 0 Å². The van der Waals surface area contributed by atoms with Crippen LogP contribution >= 0.6 is 11.6 Å². The lowest BCUT2D eigenvalue weighted by molar-refractivity contribution is -0.141. The smallest absolute Gasteiger partial charge is 0.433 e. The van der Waals surface area contributed by atoms with Gasteiger partial charge in [0.15, 0.2) is 5.65 Å². The predicted octanol–water partition coefficient (Wildman–Crippen LogP) is 3.32. The molecule has 8 heteroatoms. The number of fused-ring (bicyclic) bond motifs is 1. The maximum atomic E-state index is 12.5. The van der Waals surface area contributed by atoms with Crippen molar-refractivity contribution in [3.05, 3.63) is 29.0 Å². The summed E-state index contributed by atoms with van der Waals surface area (Å²) in [5, 5.41) is 0.367. The number of hydrogen-bond acceptors (Lipinski definition) is 3. The predicted molar refractivity (Wildman–Crippen MR) is 57.5 cm³/mol. The number of ether oxygens (including phenoxy) is 1. The number of methoxy groups -OCH3 is 1. The molecule has 0 radical (unpaired) electrons. The highest BCUT2D eigenvalue weighted by molar-refractivity contribution is 6.35. The monoisotopic (exact) mass is 278 g/mol. The SMILES string of the molecule is COC(=O)n1cc(Cl)c2ccc(C(F)(F)F)nc21. The summed E-state index contributed by atoms with van der Waals surface area (Å²) in [6.45, 7) is 0. The molecule has 0 bridgehead atoms. The largest absolute Gasteiger partial charge is 0.452 e. The number of hydrogen-bond donors (Lipinski definition) is 0. The molecular formula is C10H6ClF3N2O2. The second-order valence-corrected chi connectivity index (χ2v) is 3.79. The Labute approximate surface area is 104 Å². The van der Waals surface area contributed by atoms with Gasteiger partial charge in [-0.05, 0) is 12.1 Å². The fourth-order valence-electron chi connectivity index (χ4n) is 1.46. The zero-order valence-electron chi connectivity index (χ0n) is 8.95. The van der Waals surface area contributed by atoms with Crippen LogP contribution in [0.5, 0.6) is 0 Å². The van der Waals surface area contributed by atoms with E-state index in [1.165, 1.54) is 0 Å². The molecule has 4 nitrogen and oxygen atoms in total. The second kappa shape index (κ2) is 4.16. The minimum Gasteiger partial charge on any atom is -0.452 e. The van der Waals surface area contributed by atoms with Gasteiger partial charge in [-0.25, -0.2) is 14.3 Å². The van der Waals surface area contributed by atoms with Crippen LogP contribution in [0.15, 0.2) is 18.3 Å². The van der Waals surface area contributed by atoms with E-state index in [4.69, 9.17) is 11.6 Å². The Hall–Kier alpha value is -1.76. The third-order valence-corrected chi connectivity index (χ3v) is 2.57. The average Bonchev–Trinajstić information content (AvgIpc) is 2.64. The first-order valence-electron chi connectivity index (χ1n) is 4.67. The Bertz CT molecular complexity index is 621. The molecule has 0 fully saturated rings. The van der Waals surface area contributed by atoms with Crippen molar-refractivity contribution in [3.63, 3.8) is 0 Å². The highest BCUT2D eigenvalue weighted by atomic mass is 35.5. The van der Waals surface area contributed by atoms with Crippen molar-refractivity contribution in [2.75, 3.05) is 7.11 Å². The zero-order chi connectivity index (χ0) is 13.5. The topological polar surface area (TPSA) is 44.1 Å². The number of nitrogens with zero attached hydrogens (tertiary/aromatic N) is 2. The van der Waals surface area contributed by atoms with E-state index in [1.807, 2.05) is 0 Å². The molecule has 2 rings (SSSR count). The lowest BCUT2D eigenvalue weighted by atomic mass is 10.3. The molecule has 2 aromatic heterocycles. The van der Waals surface area contributed by atoms with E-state index in [0.29, 0.717) is 0 Å². The normalized spacial score (nSPS) is 11.8. The van der Waals surface area contributed by atoms with Crippen LogP contribution in [0.4, 0.5) is 18.0 Å². The summed E-state index contributed by atoms with van der Waals surface area (Å²) >= 11 is 5.80. The number of halogens is 4. The van der Waals surface area contributed by atoms with Crippen molar-refractivity contribution < 1.29 is 22.7 Å². The number of carbonyl (C=O) groups is 1. The molecule has 96 valence electrons. The molecule has 0 N–H and O–H groups in total. The highest BCUT2D eigenvalue weighted by Gasteiger charge is 2.33. The van der Waals surface area contributed by atoms with Gasteiger partial charge in [0, 0.05) is 11.6 Å². The van der Waals surface area contributed by atoms with E-state index in [1.54, 1.807) is 0 Å². The van der Waals surface area contributed by atoms with Gasteiger partial charge in [0.2, 0.25) is 0 Å². The molecule has 0 aliphatic heterocycles. The number of carbonyl (C=O) groups excluding carboxylic acids is 1. The molecular weight excluding hydrogens is 273 g/mol. The van der Waals surface area contributed by atoms with Crippen molar-refractivity contribution in [2.45, 2.75) is 6.18 Å². The standard InChI is InChI=1S/C10H6ClF3N2O2/c1-18-9(17)16-4-6(11)5-2-3-7(10(12,13)14)15-8(5)16/h2-4H,1H3. The van der Waals surface area contributed by atoms with Gasteiger partial charge in [0.1, 0.15) is 5.69 Å². The minimum absolute atomic E-state index is 0.122. The molecule has 0 saturated carbocycles. The summed E-state index contributed by atoms with van der Waals surface area (Å²) < 4.78 is 42.8. The van der Waals surface area contributed by atoms with E-state index >= 15 is 0 Å². The van der Waals surface area contributed by atoms with E-state index < -0.39 is 18.0 Å². The van der Waals surface area contributed by atoms with E-state index in [9.17, 15) is 18.0 Å². The summed E-state index contributed by atoms with van der Waals surface area (Å²) in [6, 6.07) is 1.96. The lowest BCUT2D eigenvalue weighted by Crippen LogP contribution is -2.13. The average molecular weight is 279 g/mol. The van der Waals surface area contributed by atoms with Crippen LogP contribution in [0.25, 0.3) is 11.0 Å². The summed E-state index contributed by atoms with van der Waals surface area (Å²) in [5.41, 5.74) is -1.29. The van der Waals surface area contributed by atoms with E-state index in [-0.39, 0.29) is 16.1 Å². The van der Waals surface area contributed by atoms with Gasteiger partial charge in [-0.3, -0.25) is 0 Å². The van der Waals surface area contributed by atoms with E-state index in [0.717, 1.165) is 30.0 Å². The van der Waals surface area contributed by atoms with Crippen LogP contribution < -0.4 is 0 Å². The lowest BCUT2D eigenvalue weighted by Gasteiger charge is -2.06. The molecule has 0 aliphatic carbocycles. The number of pyridine rings is 1. The molecule has 0 saturated heterocycles. The van der Waals surface area contributed by atoms with Gasteiger partial charge >= 0.3 is 12.3 Å². The molecule has 2 aromatic rings. The maximum Gasteiger partial charge on any atom is 0.433 e. The zero-order valence-corrected chi connectivity index (χ0v) is 9.71. The van der Waals surface area contributed by atoms with Crippen LogP contribution in [0.1, 0.15) is 5.69 Å². The van der Waals surface area contributed by atoms with Crippen molar-refractivity contribution in [2.24, 2.45) is 0 Å². The van der Waals surface area contributed by atoms with Crippen LogP contribution in [0, 0.1) is 0 Å². The molecule has 0 aliphatic rings. The number of aromatic nitrogens is 2. The first-order chi connectivity index (χ1) is 8.34. The summed E-state index contributed by atoms with van der Waals surface area (Å²) in [5.74, 6) is 0. The van der Waals surface area contributed by atoms with Crippen molar-refractivity contribution in [3.8, 4) is 0 Å². The molecule has 0 atom stereocenters. The number of rotatable bonds is 0. The quantitative estimate of drug-likeness (QED) is 0.742. The third kappa shape index (κ3) is 2.01. The first kappa shape index (κ1) is 12.7. The van der Waals surface area contributed by atoms with Gasteiger partial charge in [0.05, 0.1) is 12.1 Å². The van der Waals surface area contributed by atoms with Gasteiger partial charge in [-0.15, -0.1) is 0 Å². The molecule has 0 spiro atoms. The van der Waals surface area contributed by atoms with Crippen molar-refractivity contribution in [1.82, 2.24) is 9.55 Å². The Kier molecular flexibility index (Phi) is 2.94. The van der Waals surface area contributed by atoms with Crippen LogP contribution in [-0.2, 0) is 10.9 Å². The molecule has 0 unspecified atom stereocenters. The van der Waals surface area contributed by atoms with Crippen LogP contribution in [-0.4, -0.2) is 22.8 Å². The van der Waals surface area contributed by atoms with E-state index in [2.05, 4.69) is 9.72 Å². The fraction of sp³-hybridized carbons (Fsp3) is 0.200. The Morgan fingerprint density at radius 2 is 2.11 bits per heavy atom. The minimum atomic E-state index is -4.59. The van der Waals surface area contributed by atoms with Gasteiger partial charge < -0.3 is 4.74 Å². The van der Waals surface area contributed by atoms with Crippen molar-refractivity contribution >= 4 is 28.7 Å². The third-order valence-electron chi connectivity index (χ3n) is 2.26. The summed E-state index contributed by atoms with van der Waals surface area (Å²) in [4.78, 5) is 14.8. The number of alkyl halides is 3. The molecule has 18 heavy (non-hydrogen) atoms. The second-order valence-electron chi connectivity index (χ2n) is 3.38. The van der Waals surface area contributed by atoms with Gasteiger partial charge in [-0.2, -0.15) is 13.2 Å². The first-order valence-corrected chi connectivity index (χ1v) is 5.05.